The molecule has 5 nitrogen and oxygen atoms in total. The molecule has 0 aliphatic carbocycles. The first kappa shape index (κ1) is 14.9. The summed E-state index contributed by atoms with van der Waals surface area (Å²) in [4.78, 5) is 12.1. The number of nitrogens with one attached hydrogen (secondary N) is 1. The maximum absolute atomic E-state index is 12.1. The Morgan fingerprint density at radius 2 is 2.14 bits per heavy atom. The van der Waals surface area contributed by atoms with Crippen molar-refractivity contribution in [3.05, 3.63) is 51.9 Å². The Kier molecular flexibility index (Phi) is 5.24. The number of ether oxygens (including phenoxy) is 1. The fourth-order valence-electron chi connectivity index (χ4n) is 1.69. The first-order valence-electron chi connectivity index (χ1n) is 6.33. The molecule has 0 unspecified atom stereocenters. The standard InChI is InChI=1S/C15H14ClN3O2/c1-2-9-19-15(20)14(13(16)11-18-19)17-8-10-21-12-6-4-3-5-7-12/h1,3-7,11,17H,8-10H2. The second kappa shape index (κ2) is 7.36. The summed E-state index contributed by atoms with van der Waals surface area (Å²) in [7, 11) is 0. The van der Waals surface area contributed by atoms with Crippen LogP contribution in [-0.4, -0.2) is 22.9 Å². The summed E-state index contributed by atoms with van der Waals surface area (Å²) in [5, 5.41) is 7.07. The molecule has 2 aromatic rings. The topological polar surface area (TPSA) is 56.1 Å². The molecule has 1 heterocycles. The molecule has 1 N–H and O–H groups in total. The van der Waals surface area contributed by atoms with Gasteiger partial charge in [-0.3, -0.25) is 4.79 Å². The molecule has 0 aliphatic rings. The van der Waals surface area contributed by atoms with E-state index < -0.39 is 0 Å². The third kappa shape index (κ3) is 4.01. The van der Waals surface area contributed by atoms with Gasteiger partial charge >= 0.3 is 0 Å². The van der Waals surface area contributed by atoms with Gasteiger partial charge in [-0.05, 0) is 12.1 Å². The SMILES string of the molecule is C#CCn1ncc(Cl)c(NCCOc2ccccc2)c1=O. The molecule has 0 aliphatic heterocycles. The van der Waals surface area contributed by atoms with Gasteiger partial charge in [-0.1, -0.05) is 35.7 Å². The van der Waals surface area contributed by atoms with Gasteiger partial charge in [0.15, 0.2) is 0 Å². The molecule has 108 valence electrons. The molecular weight excluding hydrogens is 290 g/mol. The number of terminal acetylenes is 1. The fourth-order valence-corrected chi connectivity index (χ4v) is 1.88. The number of nitrogens with zero attached hydrogens (tertiary/aromatic N) is 2. The van der Waals surface area contributed by atoms with E-state index in [2.05, 4.69) is 16.3 Å². The maximum Gasteiger partial charge on any atom is 0.292 e. The Labute approximate surface area is 127 Å². The van der Waals surface area contributed by atoms with Crippen LogP contribution in [0.1, 0.15) is 0 Å². The van der Waals surface area contributed by atoms with Crippen LogP contribution in [0.3, 0.4) is 0 Å². The first-order valence-corrected chi connectivity index (χ1v) is 6.71. The lowest BCUT2D eigenvalue weighted by Gasteiger charge is -2.10. The molecule has 1 aromatic carbocycles. The lowest BCUT2D eigenvalue weighted by Crippen LogP contribution is -2.27. The van der Waals surface area contributed by atoms with E-state index in [0.29, 0.717) is 13.2 Å². The minimum Gasteiger partial charge on any atom is -0.492 e. The summed E-state index contributed by atoms with van der Waals surface area (Å²) >= 11 is 5.97. The lowest BCUT2D eigenvalue weighted by molar-refractivity contribution is 0.333. The summed E-state index contributed by atoms with van der Waals surface area (Å²) in [6.07, 6.45) is 6.57. The monoisotopic (exact) mass is 303 g/mol. The smallest absolute Gasteiger partial charge is 0.292 e. The number of benzene rings is 1. The molecule has 0 amide bonds. The van der Waals surface area contributed by atoms with Crippen molar-refractivity contribution in [3.63, 3.8) is 0 Å². The molecule has 1 aromatic heterocycles. The summed E-state index contributed by atoms with van der Waals surface area (Å²) in [6, 6.07) is 9.41. The zero-order valence-corrected chi connectivity index (χ0v) is 12.0. The highest BCUT2D eigenvalue weighted by Crippen LogP contribution is 2.14. The molecule has 0 saturated carbocycles. The molecule has 0 bridgehead atoms. The largest absolute Gasteiger partial charge is 0.492 e. The van der Waals surface area contributed by atoms with E-state index in [4.69, 9.17) is 22.8 Å². The Bertz CT molecular complexity index is 692. The third-order valence-corrected chi connectivity index (χ3v) is 2.94. The van der Waals surface area contributed by atoms with Crippen molar-refractivity contribution in [2.24, 2.45) is 0 Å². The molecule has 0 saturated heterocycles. The molecule has 2 rings (SSSR count). The zero-order valence-electron chi connectivity index (χ0n) is 11.3. The first-order chi connectivity index (χ1) is 10.2. The van der Waals surface area contributed by atoms with Crippen LogP contribution in [0.2, 0.25) is 5.02 Å². The Hall–Kier alpha value is -2.45. The second-order valence-electron chi connectivity index (χ2n) is 4.12. The normalized spacial score (nSPS) is 9.90. The molecule has 0 atom stereocenters. The number of para-hydroxylation sites is 1. The quantitative estimate of drug-likeness (QED) is 0.655. The summed E-state index contributed by atoms with van der Waals surface area (Å²) in [5.74, 6) is 3.13. The van der Waals surface area contributed by atoms with E-state index in [-0.39, 0.29) is 22.8 Å². The molecule has 6 heteroatoms. The van der Waals surface area contributed by atoms with Crippen LogP contribution < -0.4 is 15.6 Å². The van der Waals surface area contributed by atoms with Crippen LogP contribution in [0.15, 0.2) is 41.3 Å². The van der Waals surface area contributed by atoms with Crippen LogP contribution in [0.4, 0.5) is 5.69 Å². The van der Waals surface area contributed by atoms with Gasteiger partial charge in [-0.25, -0.2) is 4.68 Å². The second-order valence-corrected chi connectivity index (χ2v) is 4.53. The third-order valence-electron chi connectivity index (χ3n) is 2.65. The number of anilines is 1. The van der Waals surface area contributed by atoms with Crippen LogP contribution in [0.25, 0.3) is 0 Å². The number of halogens is 1. The van der Waals surface area contributed by atoms with Crippen LogP contribution >= 0.6 is 11.6 Å². The average Bonchev–Trinajstić information content (AvgIpc) is 2.50. The van der Waals surface area contributed by atoms with Gasteiger partial charge in [-0.2, -0.15) is 5.10 Å². The van der Waals surface area contributed by atoms with E-state index in [9.17, 15) is 4.79 Å². The van der Waals surface area contributed by atoms with Crippen LogP contribution in [0.5, 0.6) is 5.75 Å². The van der Waals surface area contributed by atoms with Crippen LogP contribution in [-0.2, 0) is 6.54 Å². The van der Waals surface area contributed by atoms with Crippen molar-refractivity contribution >= 4 is 17.3 Å². The molecule has 21 heavy (non-hydrogen) atoms. The van der Waals surface area contributed by atoms with Gasteiger partial charge in [0.1, 0.15) is 24.6 Å². The highest BCUT2D eigenvalue weighted by atomic mass is 35.5. The molecule has 0 spiro atoms. The molecule has 0 radical (unpaired) electrons. The lowest BCUT2D eigenvalue weighted by atomic mass is 10.3. The van der Waals surface area contributed by atoms with E-state index in [1.54, 1.807) is 0 Å². The van der Waals surface area contributed by atoms with Gasteiger partial charge in [-0.15, -0.1) is 6.42 Å². The predicted octanol–water partition coefficient (Wildman–Crippen LogP) is 2.02. The van der Waals surface area contributed by atoms with Gasteiger partial charge < -0.3 is 10.1 Å². The minimum absolute atomic E-state index is 0.102. The van der Waals surface area contributed by atoms with Gasteiger partial charge in [0.2, 0.25) is 0 Å². The summed E-state index contributed by atoms with van der Waals surface area (Å²) in [6.45, 7) is 0.937. The Morgan fingerprint density at radius 1 is 1.38 bits per heavy atom. The number of hydrogen-bond donors (Lipinski definition) is 1. The summed E-state index contributed by atoms with van der Waals surface area (Å²) < 4.78 is 6.70. The summed E-state index contributed by atoms with van der Waals surface area (Å²) in [5.41, 5.74) is -0.0706. The zero-order chi connectivity index (χ0) is 15.1. The van der Waals surface area contributed by atoms with E-state index in [1.807, 2.05) is 30.3 Å². The van der Waals surface area contributed by atoms with Gasteiger partial charge in [0.25, 0.3) is 5.56 Å². The van der Waals surface area contributed by atoms with Crippen molar-refractivity contribution in [2.75, 3.05) is 18.5 Å². The van der Waals surface area contributed by atoms with Crippen molar-refractivity contribution in [2.45, 2.75) is 6.54 Å². The van der Waals surface area contributed by atoms with Gasteiger partial charge in [0.05, 0.1) is 11.2 Å². The Morgan fingerprint density at radius 3 is 2.86 bits per heavy atom. The van der Waals surface area contributed by atoms with Crippen molar-refractivity contribution in [1.82, 2.24) is 9.78 Å². The van der Waals surface area contributed by atoms with Crippen molar-refractivity contribution in [3.8, 4) is 18.1 Å². The van der Waals surface area contributed by atoms with E-state index >= 15 is 0 Å². The van der Waals surface area contributed by atoms with Crippen molar-refractivity contribution in [1.29, 1.82) is 0 Å². The Balaban J connectivity index is 1.96. The molecular formula is C15H14ClN3O2. The average molecular weight is 304 g/mol. The molecule has 0 fully saturated rings. The van der Waals surface area contributed by atoms with Crippen molar-refractivity contribution < 1.29 is 4.74 Å². The van der Waals surface area contributed by atoms with Crippen LogP contribution in [0, 0.1) is 12.3 Å². The predicted molar refractivity (Wildman–Crippen MR) is 82.8 cm³/mol. The highest BCUT2D eigenvalue weighted by Gasteiger charge is 2.08. The fraction of sp³-hybridized carbons (Fsp3) is 0.200. The van der Waals surface area contributed by atoms with E-state index in [1.165, 1.54) is 10.9 Å². The number of hydrogen-bond acceptors (Lipinski definition) is 4. The number of rotatable bonds is 6. The van der Waals surface area contributed by atoms with Gasteiger partial charge in [0, 0.05) is 6.54 Å². The maximum atomic E-state index is 12.1. The number of aromatic nitrogens is 2. The van der Waals surface area contributed by atoms with E-state index in [0.717, 1.165) is 5.75 Å². The highest BCUT2D eigenvalue weighted by molar-refractivity contribution is 6.32. The minimum atomic E-state index is -0.347.